The lowest BCUT2D eigenvalue weighted by Crippen LogP contribution is -2.36. The summed E-state index contributed by atoms with van der Waals surface area (Å²) in [7, 11) is 0. The number of nitrogens with one attached hydrogen (secondary N) is 1. The van der Waals surface area contributed by atoms with Crippen LogP contribution in [0.1, 0.15) is 18.4 Å². The van der Waals surface area contributed by atoms with E-state index in [0.29, 0.717) is 5.92 Å². The summed E-state index contributed by atoms with van der Waals surface area (Å²) >= 11 is 0. The first-order valence-corrected chi connectivity index (χ1v) is 7.33. The van der Waals surface area contributed by atoms with Crippen LogP contribution in [0.25, 0.3) is 11.3 Å². The third-order valence-corrected chi connectivity index (χ3v) is 4.20. The number of benzene rings is 1. The summed E-state index contributed by atoms with van der Waals surface area (Å²) in [5.41, 5.74) is 9.29. The van der Waals surface area contributed by atoms with Crippen LogP contribution in [0.4, 0.5) is 5.82 Å². The molecule has 1 aliphatic heterocycles. The Morgan fingerprint density at radius 1 is 1.25 bits per heavy atom. The van der Waals surface area contributed by atoms with Crippen molar-refractivity contribution in [2.75, 3.05) is 24.5 Å². The number of rotatable bonds is 3. The number of hydrogen-bond acceptors (Lipinski definition) is 3. The highest BCUT2D eigenvalue weighted by Crippen LogP contribution is 2.25. The van der Waals surface area contributed by atoms with Crippen LogP contribution in [0.15, 0.2) is 30.3 Å². The number of hydrogen-bond donors (Lipinski definition) is 2. The number of nitrogens with zero attached hydrogens (tertiary/aromatic N) is 2. The van der Waals surface area contributed by atoms with Crippen LogP contribution < -0.4 is 10.6 Å². The van der Waals surface area contributed by atoms with Crippen LogP contribution >= 0.6 is 0 Å². The molecule has 2 heterocycles. The summed E-state index contributed by atoms with van der Waals surface area (Å²) < 4.78 is 0. The Hall–Kier alpha value is -1.81. The van der Waals surface area contributed by atoms with E-state index < -0.39 is 0 Å². The fraction of sp³-hybridized carbons (Fsp3) is 0.438. The normalized spacial score (nSPS) is 16.6. The monoisotopic (exact) mass is 270 g/mol. The highest BCUT2D eigenvalue weighted by molar-refractivity contribution is 5.63. The van der Waals surface area contributed by atoms with Crippen molar-refractivity contribution in [1.29, 1.82) is 0 Å². The van der Waals surface area contributed by atoms with E-state index in [1.807, 2.05) is 0 Å². The maximum absolute atomic E-state index is 5.74. The van der Waals surface area contributed by atoms with Crippen LogP contribution in [-0.4, -0.2) is 29.8 Å². The Bertz CT molecular complexity index is 550. The van der Waals surface area contributed by atoms with E-state index >= 15 is 0 Å². The van der Waals surface area contributed by atoms with Crippen molar-refractivity contribution in [3.8, 4) is 11.3 Å². The van der Waals surface area contributed by atoms with Gasteiger partial charge < -0.3 is 10.6 Å². The summed E-state index contributed by atoms with van der Waals surface area (Å²) in [6, 6.07) is 10.7. The van der Waals surface area contributed by atoms with Gasteiger partial charge in [-0.2, -0.15) is 5.10 Å². The lowest BCUT2D eigenvalue weighted by molar-refractivity contribution is 0.413. The van der Waals surface area contributed by atoms with Gasteiger partial charge in [0.25, 0.3) is 0 Å². The number of H-pyrrole nitrogens is 1. The quantitative estimate of drug-likeness (QED) is 0.901. The molecule has 20 heavy (non-hydrogen) atoms. The zero-order valence-electron chi connectivity index (χ0n) is 12.0. The molecule has 0 radical (unpaired) electrons. The van der Waals surface area contributed by atoms with E-state index in [4.69, 9.17) is 5.73 Å². The van der Waals surface area contributed by atoms with Crippen molar-refractivity contribution >= 4 is 5.82 Å². The summed E-state index contributed by atoms with van der Waals surface area (Å²) in [5.74, 6) is 1.73. The van der Waals surface area contributed by atoms with Crippen LogP contribution in [0, 0.1) is 12.8 Å². The number of aromatic amines is 1. The second kappa shape index (κ2) is 5.67. The van der Waals surface area contributed by atoms with Crippen molar-refractivity contribution in [3.63, 3.8) is 0 Å². The Morgan fingerprint density at radius 3 is 2.60 bits per heavy atom. The van der Waals surface area contributed by atoms with Crippen molar-refractivity contribution in [2.45, 2.75) is 19.8 Å². The van der Waals surface area contributed by atoms with Gasteiger partial charge >= 0.3 is 0 Å². The van der Waals surface area contributed by atoms with Gasteiger partial charge in [-0.25, -0.2) is 0 Å². The van der Waals surface area contributed by atoms with Gasteiger partial charge in [0.05, 0.1) is 5.69 Å². The molecule has 4 nitrogen and oxygen atoms in total. The van der Waals surface area contributed by atoms with Gasteiger partial charge in [0.15, 0.2) is 5.82 Å². The molecule has 0 spiro atoms. The predicted octanol–water partition coefficient (Wildman–Crippen LogP) is 2.56. The number of aromatic nitrogens is 2. The Labute approximate surface area is 120 Å². The zero-order valence-corrected chi connectivity index (χ0v) is 12.0. The van der Waals surface area contributed by atoms with E-state index in [9.17, 15) is 0 Å². The molecule has 0 aliphatic carbocycles. The standard InChI is InChI=1S/C16H22N4/c1-12-2-4-14(5-3-12)15-10-16(19-18-15)20-8-6-13(11-17)7-9-20/h2-5,10,13H,6-9,11,17H2,1H3,(H,18,19). The second-order valence-corrected chi connectivity index (χ2v) is 5.67. The summed E-state index contributed by atoms with van der Waals surface area (Å²) in [6.07, 6.45) is 2.34. The van der Waals surface area contributed by atoms with Crippen LogP contribution in [-0.2, 0) is 0 Å². The molecule has 4 heteroatoms. The van der Waals surface area contributed by atoms with E-state index in [1.54, 1.807) is 0 Å². The first-order chi connectivity index (χ1) is 9.76. The molecule has 0 unspecified atom stereocenters. The molecular formula is C16H22N4. The van der Waals surface area contributed by atoms with Crippen molar-refractivity contribution in [3.05, 3.63) is 35.9 Å². The first kappa shape index (κ1) is 13.2. The summed E-state index contributed by atoms with van der Waals surface area (Å²) in [6.45, 7) is 5.02. The molecule has 0 bridgehead atoms. The number of piperidine rings is 1. The van der Waals surface area contributed by atoms with Gasteiger partial charge in [-0.1, -0.05) is 29.8 Å². The number of anilines is 1. The van der Waals surface area contributed by atoms with Crippen LogP contribution in [0.3, 0.4) is 0 Å². The minimum Gasteiger partial charge on any atom is -0.355 e. The van der Waals surface area contributed by atoms with E-state index in [0.717, 1.165) is 31.1 Å². The highest BCUT2D eigenvalue weighted by Gasteiger charge is 2.20. The fourth-order valence-electron chi connectivity index (χ4n) is 2.75. The summed E-state index contributed by atoms with van der Waals surface area (Å²) in [4.78, 5) is 2.35. The maximum Gasteiger partial charge on any atom is 0.150 e. The highest BCUT2D eigenvalue weighted by atomic mass is 15.3. The zero-order chi connectivity index (χ0) is 13.9. The SMILES string of the molecule is Cc1ccc(-c2cc(N3CCC(CN)CC3)n[nH]2)cc1. The van der Waals surface area contributed by atoms with Gasteiger partial charge in [-0.3, -0.25) is 5.10 Å². The molecule has 3 rings (SSSR count). The van der Waals surface area contributed by atoms with Gasteiger partial charge in [-0.05, 0) is 37.8 Å². The predicted molar refractivity (Wildman–Crippen MR) is 82.8 cm³/mol. The Morgan fingerprint density at radius 2 is 1.95 bits per heavy atom. The summed E-state index contributed by atoms with van der Waals surface area (Å²) in [5, 5.41) is 7.61. The van der Waals surface area contributed by atoms with Gasteiger partial charge in [-0.15, -0.1) is 0 Å². The third-order valence-electron chi connectivity index (χ3n) is 4.20. The largest absolute Gasteiger partial charge is 0.355 e. The molecule has 1 saturated heterocycles. The molecule has 3 N–H and O–H groups in total. The fourth-order valence-corrected chi connectivity index (χ4v) is 2.75. The number of aryl methyl sites for hydroxylation is 1. The molecule has 0 saturated carbocycles. The average molecular weight is 270 g/mol. The maximum atomic E-state index is 5.74. The third kappa shape index (κ3) is 2.70. The van der Waals surface area contributed by atoms with Crippen LogP contribution in [0.5, 0.6) is 0 Å². The molecule has 1 aromatic heterocycles. The van der Waals surface area contributed by atoms with Gasteiger partial charge in [0, 0.05) is 19.2 Å². The minimum absolute atomic E-state index is 0.682. The van der Waals surface area contributed by atoms with Gasteiger partial charge in [0.2, 0.25) is 0 Å². The van der Waals surface area contributed by atoms with Crippen molar-refractivity contribution < 1.29 is 0 Å². The van der Waals surface area contributed by atoms with Crippen molar-refractivity contribution in [1.82, 2.24) is 10.2 Å². The van der Waals surface area contributed by atoms with Crippen molar-refractivity contribution in [2.24, 2.45) is 11.7 Å². The molecule has 2 aromatic rings. The van der Waals surface area contributed by atoms with E-state index in [-0.39, 0.29) is 0 Å². The molecular weight excluding hydrogens is 248 g/mol. The average Bonchev–Trinajstić information content (AvgIpc) is 2.98. The lowest BCUT2D eigenvalue weighted by Gasteiger charge is -2.31. The lowest BCUT2D eigenvalue weighted by atomic mass is 9.97. The van der Waals surface area contributed by atoms with Crippen LogP contribution in [0.2, 0.25) is 0 Å². The second-order valence-electron chi connectivity index (χ2n) is 5.67. The number of nitrogens with two attached hydrogens (primary N) is 1. The Kier molecular flexibility index (Phi) is 3.74. The molecule has 0 atom stereocenters. The van der Waals surface area contributed by atoms with Gasteiger partial charge in [0.1, 0.15) is 0 Å². The van der Waals surface area contributed by atoms with E-state index in [1.165, 1.54) is 24.0 Å². The smallest absolute Gasteiger partial charge is 0.150 e. The Balaban J connectivity index is 1.72. The topological polar surface area (TPSA) is 57.9 Å². The minimum atomic E-state index is 0.682. The molecule has 106 valence electrons. The molecule has 1 fully saturated rings. The first-order valence-electron chi connectivity index (χ1n) is 7.33. The molecule has 1 aromatic carbocycles. The molecule has 1 aliphatic rings. The van der Waals surface area contributed by atoms with E-state index in [2.05, 4.69) is 52.4 Å². The molecule has 0 amide bonds.